The van der Waals surface area contributed by atoms with Gasteiger partial charge in [-0.2, -0.15) is 0 Å². The Morgan fingerprint density at radius 1 is 1.57 bits per heavy atom. The quantitative estimate of drug-likeness (QED) is 0.510. The van der Waals surface area contributed by atoms with Crippen molar-refractivity contribution in [1.29, 1.82) is 0 Å². The molecule has 0 aromatic carbocycles. The van der Waals surface area contributed by atoms with Crippen molar-refractivity contribution in [3.63, 3.8) is 0 Å². The molecule has 0 saturated heterocycles. The van der Waals surface area contributed by atoms with Crippen LogP contribution in [0.1, 0.15) is 46.5 Å². The van der Waals surface area contributed by atoms with Gasteiger partial charge in [0.15, 0.2) is 0 Å². The van der Waals surface area contributed by atoms with Crippen LogP contribution in [0.25, 0.3) is 0 Å². The number of esters is 1. The van der Waals surface area contributed by atoms with Crippen LogP contribution in [0.3, 0.4) is 0 Å². The van der Waals surface area contributed by atoms with Gasteiger partial charge < -0.3 is 4.74 Å². The van der Waals surface area contributed by atoms with Gasteiger partial charge in [-0.25, -0.2) is 0 Å². The van der Waals surface area contributed by atoms with Crippen molar-refractivity contribution >= 4 is 5.97 Å². The van der Waals surface area contributed by atoms with Gasteiger partial charge in [0, 0.05) is 0 Å². The maximum absolute atomic E-state index is 11.5. The Hall–Kier alpha value is -0.790. The molecule has 1 aliphatic rings. The van der Waals surface area contributed by atoms with Crippen LogP contribution < -0.4 is 0 Å². The second-order valence-electron chi connectivity index (χ2n) is 4.56. The van der Waals surface area contributed by atoms with E-state index >= 15 is 0 Å². The van der Waals surface area contributed by atoms with Crippen molar-refractivity contribution < 1.29 is 9.53 Å². The van der Waals surface area contributed by atoms with Crippen LogP contribution in [-0.2, 0) is 9.53 Å². The van der Waals surface area contributed by atoms with Gasteiger partial charge in [-0.05, 0) is 39.0 Å². The average Bonchev–Trinajstić information content (AvgIpc) is 2.55. The van der Waals surface area contributed by atoms with Crippen LogP contribution in [0, 0.1) is 5.92 Å². The molecule has 14 heavy (non-hydrogen) atoms. The summed E-state index contributed by atoms with van der Waals surface area (Å²) in [5.41, 5.74) is -0.306. The van der Waals surface area contributed by atoms with Gasteiger partial charge in [-0.3, -0.25) is 4.79 Å². The summed E-state index contributed by atoms with van der Waals surface area (Å²) in [6.45, 7) is 5.94. The normalized spacial score (nSPS) is 21.2. The molecule has 1 aliphatic carbocycles. The van der Waals surface area contributed by atoms with Gasteiger partial charge >= 0.3 is 5.97 Å². The highest BCUT2D eigenvalue weighted by Gasteiger charge is 2.22. The first-order valence-corrected chi connectivity index (χ1v) is 5.42. The molecule has 2 nitrogen and oxygen atoms in total. The smallest absolute Gasteiger partial charge is 0.306 e. The summed E-state index contributed by atoms with van der Waals surface area (Å²) in [6, 6.07) is 0. The molecule has 1 atom stereocenters. The van der Waals surface area contributed by atoms with Crippen LogP contribution >= 0.6 is 0 Å². The molecule has 0 fully saturated rings. The van der Waals surface area contributed by atoms with Gasteiger partial charge in [0.1, 0.15) is 5.60 Å². The maximum Gasteiger partial charge on any atom is 0.306 e. The topological polar surface area (TPSA) is 26.3 Å². The summed E-state index contributed by atoms with van der Waals surface area (Å²) >= 11 is 0. The minimum atomic E-state index is -0.306. The molecule has 2 heteroatoms. The number of hydrogen-bond donors (Lipinski definition) is 0. The Kier molecular flexibility index (Phi) is 3.73. The first kappa shape index (κ1) is 11.3. The van der Waals surface area contributed by atoms with Gasteiger partial charge in [0.25, 0.3) is 0 Å². The molecule has 0 aromatic rings. The third-order valence-corrected chi connectivity index (χ3v) is 2.78. The standard InChI is InChI=1S/C12H20O2/c1-4-12(2,3)14-11(13)9-10-7-5-6-8-10/h5,7,10H,4,6,8-9H2,1-3H3. The van der Waals surface area contributed by atoms with Gasteiger partial charge in [0.2, 0.25) is 0 Å². The second kappa shape index (κ2) is 4.63. The van der Waals surface area contributed by atoms with Gasteiger partial charge in [0.05, 0.1) is 6.42 Å². The zero-order valence-electron chi connectivity index (χ0n) is 9.38. The zero-order chi connectivity index (χ0) is 10.6. The van der Waals surface area contributed by atoms with Crippen LogP contribution in [0.2, 0.25) is 0 Å². The fourth-order valence-corrected chi connectivity index (χ4v) is 1.50. The first-order valence-electron chi connectivity index (χ1n) is 5.42. The van der Waals surface area contributed by atoms with E-state index in [1.807, 2.05) is 20.8 Å². The Morgan fingerprint density at radius 3 is 2.79 bits per heavy atom. The summed E-state index contributed by atoms with van der Waals surface area (Å²) < 4.78 is 5.38. The molecule has 0 aliphatic heterocycles. The highest BCUT2D eigenvalue weighted by Crippen LogP contribution is 2.22. The predicted molar refractivity (Wildman–Crippen MR) is 56.9 cm³/mol. The lowest BCUT2D eigenvalue weighted by atomic mass is 10.0. The summed E-state index contributed by atoms with van der Waals surface area (Å²) in [5.74, 6) is 0.351. The maximum atomic E-state index is 11.5. The molecule has 0 saturated carbocycles. The minimum Gasteiger partial charge on any atom is -0.460 e. The summed E-state index contributed by atoms with van der Waals surface area (Å²) in [6.07, 6.45) is 7.87. The zero-order valence-corrected chi connectivity index (χ0v) is 9.38. The molecule has 80 valence electrons. The second-order valence-corrected chi connectivity index (χ2v) is 4.56. The largest absolute Gasteiger partial charge is 0.460 e. The number of allylic oxidation sites excluding steroid dienone is 2. The van der Waals surface area contributed by atoms with E-state index in [1.54, 1.807) is 0 Å². The number of rotatable bonds is 4. The number of ether oxygens (including phenoxy) is 1. The van der Waals surface area contributed by atoms with Crippen LogP contribution in [0.4, 0.5) is 0 Å². The lowest BCUT2D eigenvalue weighted by Gasteiger charge is -2.23. The van der Waals surface area contributed by atoms with E-state index in [2.05, 4.69) is 12.2 Å². The van der Waals surface area contributed by atoms with Crippen molar-refractivity contribution in [2.24, 2.45) is 5.92 Å². The lowest BCUT2D eigenvalue weighted by Crippen LogP contribution is -2.27. The van der Waals surface area contributed by atoms with Crippen LogP contribution in [0.5, 0.6) is 0 Å². The molecule has 0 N–H and O–H groups in total. The first-order chi connectivity index (χ1) is 6.53. The molecule has 1 rings (SSSR count). The predicted octanol–water partition coefficient (Wildman–Crippen LogP) is 3.07. The molecule has 0 heterocycles. The van der Waals surface area contributed by atoms with E-state index in [0.29, 0.717) is 12.3 Å². The monoisotopic (exact) mass is 196 g/mol. The molecule has 0 amide bonds. The Morgan fingerprint density at radius 2 is 2.29 bits per heavy atom. The SMILES string of the molecule is CCC(C)(C)OC(=O)CC1C=CCC1. The fraction of sp³-hybridized carbons (Fsp3) is 0.750. The number of carbonyl (C=O) groups excluding carboxylic acids is 1. The van der Waals surface area contributed by atoms with Crippen molar-refractivity contribution in [2.75, 3.05) is 0 Å². The number of hydrogen-bond acceptors (Lipinski definition) is 2. The van der Waals surface area contributed by atoms with E-state index in [0.717, 1.165) is 19.3 Å². The molecular weight excluding hydrogens is 176 g/mol. The molecule has 0 aromatic heterocycles. The minimum absolute atomic E-state index is 0.0617. The molecule has 1 unspecified atom stereocenters. The van der Waals surface area contributed by atoms with E-state index < -0.39 is 0 Å². The van der Waals surface area contributed by atoms with Crippen LogP contribution in [0.15, 0.2) is 12.2 Å². The van der Waals surface area contributed by atoms with Crippen molar-refractivity contribution in [2.45, 2.75) is 52.1 Å². The van der Waals surface area contributed by atoms with E-state index in [-0.39, 0.29) is 11.6 Å². The van der Waals surface area contributed by atoms with E-state index in [1.165, 1.54) is 0 Å². The highest BCUT2D eigenvalue weighted by atomic mass is 16.6. The highest BCUT2D eigenvalue weighted by molar-refractivity contribution is 5.70. The molecule has 0 radical (unpaired) electrons. The Bertz CT molecular complexity index is 228. The van der Waals surface area contributed by atoms with Crippen LogP contribution in [-0.4, -0.2) is 11.6 Å². The lowest BCUT2D eigenvalue weighted by molar-refractivity contribution is -0.157. The van der Waals surface area contributed by atoms with Crippen molar-refractivity contribution in [3.8, 4) is 0 Å². The Balaban J connectivity index is 2.31. The summed E-state index contributed by atoms with van der Waals surface area (Å²) in [4.78, 5) is 11.5. The number of carbonyl (C=O) groups is 1. The van der Waals surface area contributed by atoms with Gasteiger partial charge in [-0.15, -0.1) is 0 Å². The van der Waals surface area contributed by atoms with Crippen molar-refractivity contribution in [3.05, 3.63) is 12.2 Å². The fourth-order valence-electron chi connectivity index (χ4n) is 1.50. The average molecular weight is 196 g/mol. The van der Waals surface area contributed by atoms with Crippen molar-refractivity contribution in [1.82, 2.24) is 0 Å². The third kappa shape index (κ3) is 3.52. The molecule has 0 bridgehead atoms. The van der Waals surface area contributed by atoms with Gasteiger partial charge in [-0.1, -0.05) is 19.1 Å². The summed E-state index contributed by atoms with van der Waals surface area (Å²) in [5, 5.41) is 0. The third-order valence-electron chi connectivity index (χ3n) is 2.78. The van der Waals surface area contributed by atoms with E-state index in [9.17, 15) is 4.79 Å². The Labute approximate surface area is 86.3 Å². The molecule has 0 spiro atoms. The molecular formula is C12H20O2. The summed E-state index contributed by atoms with van der Waals surface area (Å²) in [7, 11) is 0. The van der Waals surface area contributed by atoms with E-state index in [4.69, 9.17) is 4.74 Å².